The average molecular weight is 440 g/mol. The summed E-state index contributed by atoms with van der Waals surface area (Å²) in [5, 5.41) is 0.555. The number of hydrogen-bond donors (Lipinski definition) is 1. The largest absolute Gasteiger partial charge is 0.490 e. The fraction of sp³-hybridized carbons (Fsp3) is 0.350. The lowest BCUT2D eigenvalue weighted by Gasteiger charge is -2.12. The number of carbonyl (C=O) groups is 1. The molecule has 0 amide bonds. The number of hydrogen-bond acceptors (Lipinski definition) is 6. The quantitative estimate of drug-likeness (QED) is 0.477. The number of sulfonamides is 1. The van der Waals surface area contributed by atoms with Crippen molar-refractivity contribution in [3.63, 3.8) is 0 Å². The van der Waals surface area contributed by atoms with Crippen LogP contribution in [0.2, 0.25) is 5.02 Å². The Kier molecular flexibility index (Phi) is 7.49. The minimum atomic E-state index is -3.66. The third kappa shape index (κ3) is 6.43. The van der Waals surface area contributed by atoms with E-state index in [1.165, 1.54) is 24.3 Å². The van der Waals surface area contributed by atoms with Crippen LogP contribution in [0.4, 0.5) is 0 Å². The Morgan fingerprint density at radius 2 is 1.97 bits per heavy atom. The third-order valence-corrected chi connectivity index (χ3v) is 5.98. The fourth-order valence-corrected chi connectivity index (χ4v) is 4.04. The maximum absolute atomic E-state index is 12.3. The first-order valence-electron chi connectivity index (χ1n) is 9.21. The first-order chi connectivity index (χ1) is 13.9. The molecule has 1 N–H and O–H groups in total. The first-order valence-corrected chi connectivity index (χ1v) is 11.1. The van der Waals surface area contributed by atoms with Crippen LogP contribution in [0.3, 0.4) is 0 Å². The van der Waals surface area contributed by atoms with Gasteiger partial charge in [-0.25, -0.2) is 17.9 Å². The average Bonchev–Trinajstić information content (AvgIpc) is 3.24. The lowest BCUT2D eigenvalue weighted by molar-refractivity contribution is 0.0450. The summed E-state index contributed by atoms with van der Waals surface area (Å²) in [6.45, 7) is 1.12. The molecular weight excluding hydrogens is 418 g/mol. The van der Waals surface area contributed by atoms with E-state index >= 15 is 0 Å². The summed E-state index contributed by atoms with van der Waals surface area (Å²) in [5.74, 6) is 0.0227. The van der Waals surface area contributed by atoms with Gasteiger partial charge in [0.25, 0.3) is 0 Å². The summed E-state index contributed by atoms with van der Waals surface area (Å²) in [7, 11) is -3.66. The standard InChI is InChI=1S/C20H22ClNO6S/c21-16-3-1-4-17(13-16)27-11-12-28-20(23)15-6-8-19(9-7-15)29(24,25)22-14-18-5-2-10-26-18/h1,3-4,6-9,13,18,22H,2,5,10-12,14H2. The van der Waals surface area contributed by atoms with Gasteiger partial charge >= 0.3 is 5.97 Å². The Morgan fingerprint density at radius 3 is 2.66 bits per heavy atom. The lowest BCUT2D eigenvalue weighted by atomic mass is 10.2. The van der Waals surface area contributed by atoms with Gasteiger partial charge in [-0.3, -0.25) is 0 Å². The second-order valence-corrected chi connectivity index (χ2v) is 8.66. The summed E-state index contributed by atoms with van der Waals surface area (Å²) in [6, 6.07) is 12.5. The lowest BCUT2D eigenvalue weighted by Crippen LogP contribution is -2.31. The number of carbonyl (C=O) groups excluding carboxylic acids is 1. The number of rotatable bonds is 9. The van der Waals surface area contributed by atoms with Crippen molar-refractivity contribution in [3.8, 4) is 5.75 Å². The molecule has 1 aliphatic heterocycles. The van der Waals surface area contributed by atoms with Crippen molar-refractivity contribution in [3.05, 3.63) is 59.1 Å². The van der Waals surface area contributed by atoms with E-state index in [0.29, 0.717) is 17.4 Å². The van der Waals surface area contributed by atoms with Crippen molar-refractivity contribution < 1.29 is 27.4 Å². The van der Waals surface area contributed by atoms with Crippen LogP contribution in [0.15, 0.2) is 53.4 Å². The molecule has 0 saturated carbocycles. The molecule has 156 valence electrons. The van der Waals surface area contributed by atoms with Crippen LogP contribution in [-0.2, 0) is 19.5 Å². The minimum Gasteiger partial charge on any atom is -0.490 e. The Hall–Kier alpha value is -2.13. The van der Waals surface area contributed by atoms with Crippen molar-refractivity contribution in [1.29, 1.82) is 0 Å². The molecule has 7 nitrogen and oxygen atoms in total. The van der Waals surface area contributed by atoms with E-state index in [0.717, 1.165) is 12.8 Å². The molecular formula is C20H22ClNO6S. The van der Waals surface area contributed by atoms with Gasteiger partial charge in [0, 0.05) is 18.2 Å². The van der Waals surface area contributed by atoms with E-state index in [2.05, 4.69) is 4.72 Å². The maximum atomic E-state index is 12.3. The number of ether oxygens (including phenoxy) is 3. The van der Waals surface area contributed by atoms with Gasteiger partial charge in [-0.15, -0.1) is 0 Å². The SMILES string of the molecule is O=C(OCCOc1cccc(Cl)c1)c1ccc(S(=O)(=O)NCC2CCCO2)cc1. The van der Waals surface area contributed by atoms with Gasteiger partial charge in [0.15, 0.2) is 0 Å². The predicted octanol–water partition coefficient (Wildman–Crippen LogP) is 3.03. The Morgan fingerprint density at radius 1 is 1.17 bits per heavy atom. The van der Waals surface area contributed by atoms with Crippen LogP contribution in [0.25, 0.3) is 0 Å². The normalized spacial score (nSPS) is 16.5. The van der Waals surface area contributed by atoms with E-state index in [1.54, 1.807) is 24.3 Å². The van der Waals surface area contributed by atoms with Crippen LogP contribution in [0, 0.1) is 0 Å². The molecule has 2 aromatic rings. The molecule has 1 unspecified atom stereocenters. The molecule has 0 aliphatic carbocycles. The molecule has 9 heteroatoms. The molecule has 1 saturated heterocycles. The second-order valence-electron chi connectivity index (χ2n) is 6.45. The topological polar surface area (TPSA) is 90.9 Å². The molecule has 3 rings (SSSR count). The number of esters is 1. The minimum absolute atomic E-state index is 0.0499. The summed E-state index contributed by atoms with van der Waals surface area (Å²) >= 11 is 5.87. The highest BCUT2D eigenvalue weighted by molar-refractivity contribution is 7.89. The fourth-order valence-electron chi connectivity index (χ4n) is 2.80. The highest BCUT2D eigenvalue weighted by Crippen LogP contribution is 2.17. The van der Waals surface area contributed by atoms with Gasteiger partial charge in [0.1, 0.15) is 19.0 Å². The van der Waals surface area contributed by atoms with Gasteiger partial charge in [0.05, 0.1) is 16.6 Å². The number of halogens is 1. The highest BCUT2D eigenvalue weighted by atomic mass is 35.5. The smallest absolute Gasteiger partial charge is 0.338 e. The molecule has 0 bridgehead atoms. The Balaban J connectivity index is 1.46. The zero-order valence-electron chi connectivity index (χ0n) is 15.7. The van der Waals surface area contributed by atoms with Gasteiger partial charge in [-0.05, 0) is 55.3 Å². The van der Waals surface area contributed by atoms with Crippen molar-refractivity contribution in [2.75, 3.05) is 26.4 Å². The Bertz CT molecular complexity index is 926. The summed E-state index contributed by atoms with van der Waals surface area (Å²) < 4.78 is 43.2. The van der Waals surface area contributed by atoms with E-state index < -0.39 is 16.0 Å². The van der Waals surface area contributed by atoms with E-state index in [9.17, 15) is 13.2 Å². The van der Waals surface area contributed by atoms with Crippen molar-refractivity contribution in [1.82, 2.24) is 4.72 Å². The molecule has 2 aromatic carbocycles. The molecule has 1 atom stereocenters. The van der Waals surface area contributed by atoms with Crippen LogP contribution in [0.1, 0.15) is 23.2 Å². The highest BCUT2D eigenvalue weighted by Gasteiger charge is 2.20. The molecule has 1 heterocycles. The summed E-state index contributed by atoms with van der Waals surface area (Å²) in [4.78, 5) is 12.2. The monoisotopic (exact) mass is 439 g/mol. The summed E-state index contributed by atoms with van der Waals surface area (Å²) in [6.07, 6.45) is 1.69. The molecule has 0 radical (unpaired) electrons. The van der Waals surface area contributed by atoms with E-state index in [4.69, 9.17) is 25.8 Å². The van der Waals surface area contributed by atoms with Gasteiger partial charge in [0.2, 0.25) is 10.0 Å². The zero-order chi connectivity index (χ0) is 20.7. The van der Waals surface area contributed by atoms with Crippen LogP contribution < -0.4 is 9.46 Å². The number of nitrogens with one attached hydrogen (secondary N) is 1. The van der Waals surface area contributed by atoms with E-state index in [1.807, 2.05) is 0 Å². The molecule has 29 heavy (non-hydrogen) atoms. The van der Waals surface area contributed by atoms with Crippen molar-refractivity contribution >= 4 is 27.6 Å². The number of benzene rings is 2. The first kappa shape index (κ1) is 21.6. The molecule has 1 fully saturated rings. The van der Waals surface area contributed by atoms with Crippen LogP contribution >= 0.6 is 11.6 Å². The summed E-state index contributed by atoms with van der Waals surface area (Å²) in [5.41, 5.74) is 0.255. The molecule has 0 aromatic heterocycles. The second kappa shape index (κ2) is 10.1. The van der Waals surface area contributed by atoms with Crippen molar-refractivity contribution in [2.24, 2.45) is 0 Å². The maximum Gasteiger partial charge on any atom is 0.338 e. The third-order valence-electron chi connectivity index (χ3n) is 4.31. The van der Waals surface area contributed by atoms with Gasteiger partial charge < -0.3 is 14.2 Å². The predicted molar refractivity (Wildman–Crippen MR) is 108 cm³/mol. The zero-order valence-corrected chi connectivity index (χ0v) is 17.2. The Labute approximate surface area is 175 Å². The van der Waals surface area contributed by atoms with E-state index in [-0.39, 0.29) is 36.3 Å². The van der Waals surface area contributed by atoms with Crippen LogP contribution in [0.5, 0.6) is 5.75 Å². The van der Waals surface area contributed by atoms with Gasteiger partial charge in [-0.2, -0.15) is 0 Å². The van der Waals surface area contributed by atoms with Gasteiger partial charge in [-0.1, -0.05) is 17.7 Å². The van der Waals surface area contributed by atoms with Crippen molar-refractivity contribution in [2.45, 2.75) is 23.8 Å². The molecule has 1 aliphatic rings. The van der Waals surface area contributed by atoms with Crippen LogP contribution in [-0.4, -0.2) is 46.9 Å². The molecule has 0 spiro atoms.